The molecule has 1 heterocycles. The van der Waals surface area contributed by atoms with Crippen LogP contribution < -0.4 is 14.7 Å². The van der Waals surface area contributed by atoms with Crippen LogP contribution in [0.25, 0.3) is 11.1 Å². The van der Waals surface area contributed by atoms with Crippen LogP contribution >= 0.6 is 0 Å². The molecule has 0 radical (unpaired) electrons. The van der Waals surface area contributed by atoms with E-state index in [0.29, 0.717) is 5.56 Å². The lowest BCUT2D eigenvalue weighted by Crippen LogP contribution is -2.41. The van der Waals surface area contributed by atoms with Crippen LogP contribution in [0.4, 0.5) is 4.39 Å². The molecule has 0 fully saturated rings. The summed E-state index contributed by atoms with van der Waals surface area (Å²) in [7, 11) is -1.24. The van der Waals surface area contributed by atoms with Crippen LogP contribution in [0.5, 0.6) is 11.5 Å². The van der Waals surface area contributed by atoms with E-state index >= 15 is 4.39 Å². The Labute approximate surface area is 196 Å². The van der Waals surface area contributed by atoms with Gasteiger partial charge in [-0.15, -0.1) is 0 Å². The summed E-state index contributed by atoms with van der Waals surface area (Å²) in [6, 6.07) is 17.2. The van der Waals surface area contributed by atoms with E-state index in [1.54, 1.807) is 36.4 Å². The molecule has 0 aromatic heterocycles. The van der Waals surface area contributed by atoms with Gasteiger partial charge in [0.1, 0.15) is 11.6 Å². The van der Waals surface area contributed by atoms with Crippen molar-refractivity contribution in [3.63, 3.8) is 0 Å². The third-order valence-corrected chi connectivity index (χ3v) is 5.99. The van der Waals surface area contributed by atoms with Crippen LogP contribution in [0.3, 0.4) is 0 Å². The number of guanidine groups is 1. The number of aliphatic imine (C=N–C) groups is 1. The number of methoxy groups -OCH3 is 1. The van der Waals surface area contributed by atoms with Gasteiger partial charge in [0.15, 0.2) is 17.2 Å². The van der Waals surface area contributed by atoms with E-state index in [1.165, 1.54) is 44.5 Å². The molecule has 8 nitrogen and oxygen atoms in total. The maximum atomic E-state index is 15.1. The SMILES string of the molecule is COc1cc(OS(C)(=O)=O)c(C2(c3ccccc3)N=C(N)N(C)C2=O)c(-c2ccccc2F)c1. The number of hydrogen-bond donors (Lipinski definition) is 1. The highest BCUT2D eigenvalue weighted by Crippen LogP contribution is 2.50. The molecule has 2 N–H and O–H groups in total. The molecule has 176 valence electrons. The van der Waals surface area contributed by atoms with E-state index in [0.717, 1.165) is 11.2 Å². The lowest BCUT2D eigenvalue weighted by molar-refractivity contribution is -0.129. The fourth-order valence-corrected chi connectivity index (χ4v) is 4.48. The van der Waals surface area contributed by atoms with Crippen LogP contribution in [0.2, 0.25) is 0 Å². The molecule has 0 aliphatic carbocycles. The number of ether oxygens (including phenoxy) is 1. The van der Waals surface area contributed by atoms with Crippen LogP contribution in [0.1, 0.15) is 11.1 Å². The smallest absolute Gasteiger partial charge is 0.306 e. The molecule has 1 unspecified atom stereocenters. The monoisotopic (exact) mass is 483 g/mol. The Balaban J connectivity index is 2.22. The minimum atomic E-state index is -4.07. The van der Waals surface area contributed by atoms with E-state index in [1.807, 2.05) is 0 Å². The molecule has 1 aliphatic rings. The first kappa shape index (κ1) is 23.2. The zero-order valence-electron chi connectivity index (χ0n) is 18.7. The molecule has 4 rings (SSSR count). The van der Waals surface area contributed by atoms with Crippen molar-refractivity contribution in [2.24, 2.45) is 10.7 Å². The molecule has 0 saturated heterocycles. The van der Waals surface area contributed by atoms with Crippen molar-refractivity contribution in [2.45, 2.75) is 5.54 Å². The topological polar surface area (TPSA) is 111 Å². The van der Waals surface area contributed by atoms with Gasteiger partial charge in [0.05, 0.1) is 13.4 Å². The number of nitrogens with zero attached hydrogens (tertiary/aromatic N) is 2. The summed E-state index contributed by atoms with van der Waals surface area (Å²) in [5, 5.41) is 0. The van der Waals surface area contributed by atoms with E-state index in [9.17, 15) is 13.2 Å². The Bertz CT molecular complexity index is 1410. The first-order valence-electron chi connectivity index (χ1n) is 10.1. The second-order valence-corrected chi connectivity index (χ2v) is 9.30. The fourth-order valence-electron chi connectivity index (χ4n) is 4.02. The lowest BCUT2D eigenvalue weighted by atomic mass is 9.78. The summed E-state index contributed by atoms with van der Waals surface area (Å²) in [5.74, 6) is -1.28. The molecular weight excluding hydrogens is 461 g/mol. The Hall–Kier alpha value is -3.92. The molecule has 1 aliphatic heterocycles. The Kier molecular flexibility index (Phi) is 5.78. The summed E-state index contributed by atoms with van der Waals surface area (Å²) in [6.07, 6.45) is 0.869. The van der Waals surface area contributed by atoms with Gasteiger partial charge in [-0.25, -0.2) is 9.38 Å². The van der Waals surface area contributed by atoms with Gasteiger partial charge < -0.3 is 14.7 Å². The summed E-state index contributed by atoms with van der Waals surface area (Å²) >= 11 is 0. The molecule has 34 heavy (non-hydrogen) atoms. The highest BCUT2D eigenvalue weighted by atomic mass is 32.2. The van der Waals surface area contributed by atoms with Gasteiger partial charge in [-0.2, -0.15) is 8.42 Å². The second-order valence-electron chi connectivity index (χ2n) is 7.73. The molecule has 3 aromatic carbocycles. The Morgan fingerprint density at radius 2 is 1.68 bits per heavy atom. The first-order chi connectivity index (χ1) is 16.1. The fraction of sp³-hybridized carbons (Fsp3) is 0.167. The lowest BCUT2D eigenvalue weighted by Gasteiger charge is -2.30. The standard InChI is InChI=1S/C24H22FN3O5S/c1-28-22(29)24(27-23(28)26,15-9-5-4-6-10-15)21-18(17-11-7-8-12-19(17)25)13-16(32-2)14-20(21)33-34(3,30)31/h4-14H,1-3H3,(H2,26,27). The number of benzene rings is 3. The number of carbonyl (C=O) groups is 1. The molecule has 0 saturated carbocycles. The van der Waals surface area contributed by atoms with Gasteiger partial charge >= 0.3 is 10.1 Å². The van der Waals surface area contributed by atoms with Crippen molar-refractivity contribution >= 4 is 22.0 Å². The highest BCUT2D eigenvalue weighted by molar-refractivity contribution is 7.86. The minimum absolute atomic E-state index is 0.0207. The van der Waals surface area contributed by atoms with E-state index in [4.69, 9.17) is 14.7 Å². The minimum Gasteiger partial charge on any atom is -0.497 e. The van der Waals surface area contributed by atoms with Gasteiger partial charge in [0.25, 0.3) is 5.91 Å². The molecule has 3 aromatic rings. The molecule has 0 bridgehead atoms. The van der Waals surface area contributed by atoms with Crippen LogP contribution in [0, 0.1) is 5.82 Å². The number of nitrogens with two attached hydrogens (primary N) is 1. The molecule has 10 heteroatoms. The summed E-state index contributed by atoms with van der Waals surface area (Å²) in [5.41, 5.74) is 4.91. The summed E-state index contributed by atoms with van der Waals surface area (Å²) in [4.78, 5) is 19.5. The average molecular weight is 484 g/mol. The van der Waals surface area contributed by atoms with Gasteiger partial charge in [-0.05, 0) is 23.3 Å². The molecule has 1 amide bonds. The maximum Gasteiger partial charge on any atom is 0.306 e. The number of amides is 1. The van der Waals surface area contributed by atoms with E-state index in [2.05, 4.69) is 4.99 Å². The van der Waals surface area contributed by atoms with Crippen LogP contribution in [-0.2, 0) is 20.5 Å². The van der Waals surface area contributed by atoms with Crippen molar-refractivity contribution in [1.29, 1.82) is 0 Å². The maximum absolute atomic E-state index is 15.1. The van der Waals surface area contributed by atoms with Crippen molar-refractivity contribution < 1.29 is 26.5 Å². The van der Waals surface area contributed by atoms with Gasteiger partial charge in [-0.1, -0.05) is 48.5 Å². The van der Waals surface area contributed by atoms with Crippen molar-refractivity contribution in [3.05, 3.63) is 83.7 Å². The van der Waals surface area contributed by atoms with Gasteiger partial charge in [-0.3, -0.25) is 9.69 Å². The van der Waals surface area contributed by atoms with Gasteiger partial charge in [0, 0.05) is 24.2 Å². The van der Waals surface area contributed by atoms with E-state index in [-0.39, 0.29) is 34.1 Å². The van der Waals surface area contributed by atoms with Crippen LogP contribution in [0.15, 0.2) is 71.7 Å². The Morgan fingerprint density at radius 3 is 2.24 bits per heavy atom. The average Bonchev–Trinajstić information content (AvgIpc) is 3.03. The first-order valence-corrected chi connectivity index (χ1v) is 12.0. The molecule has 0 spiro atoms. The summed E-state index contributed by atoms with van der Waals surface area (Å²) < 4.78 is 50.2. The summed E-state index contributed by atoms with van der Waals surface area (Å²) in [6.45, 7) is 0. The molecule has 1 atom stereocenters. The largest absolute Gasteiger partial charge is 0.497 e. The third kappa shape index (κ3) is 3.86. The predicted molar refractivity (Wildman–Crippen MR) is 125 cm³/mol. The number of carbonyl (C=O) groups excluding carboxylic acids is 1. The van der Waals surface area contributed by atoms with Crippen molar-refractivity contribution in [2.75, 3.05) is 20.4 Å². The van der Waals surface area contributed by atoms with Crippen LogP contribution in [-0.4, -0.2) is 45.6 Å². The van der Waals surface area contributed by atoms with Gasteiger partial charge in [0.2, 0.25) is 0 Å². The predicted octanol–water partition coefficient (Wildman–Crippen LogP) is 2.87. The van der Waals surface area contributed by atoms with E-state index < -0.39 is 27.4 Å². The highest BCUT2D eigenvalue weighted by Gasteiger charge is 2.53. The third-order valence-electron chi connectivity index (χ3n) is 5.51. The van der Waals surface area contributed by atoms with Crippen molar-refractivity contribution in [3.8, 4) is 22.6 Å². The quantitative estimate of drug-likeness (QED) is 0.540. The number of halogens is 1. The molecular formula is C24H22FN3O5S. The normalized spacial score (nSPS) is 18.1. The number of likely N-dealkylation sites (N-methyl/N-ethyl adjacent to an activating group) is 1. The van der Waals surface area contributed by atoms with Crippen molar-refractivity contribution in [1.82, 2.24) is 4.90 Å². The second kappa shape index (κ2) is 8.45. The number of rotatable bonds is 6. The Morgan fingerprint density at radius 1 is 1.03 bits per heavy atom. The number of hydrogen-bond acceptors (Lipinski definition) is 7. The zero-order chi connectivity index (χ0) is 24.7. The zero-order valence-corrected chi connectivity index (χ0v) is 19.5.